The summed E-state index contributed by atoms with van der Waals surface area (Å²) in [7, 11) is 3.11. The van der Waals surface area contributed by atoms with Crippen molar-refractivity contribution in [3.8, 4) is 11.5 Å². The Morgan fingerprint density at radius 2 is 1.61 bits per heavy atom. The first-order valence-corrected chi connectivity index (χ1v) is 7.59. The molecule has 120 valence electrons. The number of rotatable bonds is 6. The van der Waals surface area contributed by atoms with Gasteiger partial charge in [0.25, 0.3) is 5.91 Å². The van der Waals surface area contributed by atoms with E-state index in [1.165, 1.54) is 12.8 Å². The van der Waals surface area contributed by atoms with Crippen LogP contribution < -0.4 is 20.1 Å². The third kappa shape index (κ3) is 3.74. The fraction of sp³-hybridized carbons (Fsp3) is 0.278. The number of benzene rings is 2. The molecule has 2 N–H and O–H groups in total. The van der Waals surface area contributed by atoms with Gasteiger partial charge in [-0.3, -0.25) is 4.79 Å². The van der Waals surface area contributed by atoms with Crippen LogP contribution in [0.3, 0.4) is 0 Å². The SMILES string of the molecule is COc1ccc(C(=O)Nc2ccc(NC3CC3)cc2)cc1OC. The largest absolute Gasteiger partial charge is 0.493 e. The van der Waals surface area contributed by atoms with Gasteiger partial charge in [-0.2, -0.15) is 0 Å². The van der Waals surface area contributed by atoms with Crippen molar-refractivity contribution in [2.45, 2.75) is 18.9 Å². The molecular weight excluding hydrogens is 292 g/mol. The molecule has 0 aliphatic heterocycles. The van der Waals surface area contributed by atoms with E-state index < -0.39 is 0 Å². The number of amides is 1. The van der Waals surface area contributed by atoms with Crippen LogP contribution in [0.25, 0.3) is 0 Å². The zero-order valence-corrected chi connectivity index (χ0v) is 13.3. The molecule has 3 rings (SSSR count). The minimum Gasteiger partial charge on any atom is -0.493 e. The molecule has 5 nitrogen and oxygen atoms in total. The second-order valence-corrected chi connectivity index (χ2v) is 5.52. The molecule has 1 saturated carbocycles. The summed E-state index contributed by atoms with van der Waals surface area (Å²) < 4.78 is 10.4. The van der Waals surface area contributed by atoms with E-state index in [4.69, 9.17) is 9.47 Å². The first kappa shape index (κ1) is 15.2. The van der Waals surface area contributed by atoms with Gasteiger partial charge in [0.15, 0.2) is 11.5 Å². The van der Waals surface area contributed by atoms with Gasteiger partial charge < -0.3 is 20.1 Å². The molecule has 0 saturated heterocycles. The molecule has 5 heteroatoms. The summed E-state index contributed by atoms with van der Waals surface area (Å²) in [5, 5.41) is 6.29. The molecule has 23 heavy (non-hydrogen) atoms. The Bertz CT molecular complexity index is 694. The third-order valence-electron chi connectivity index (χ3n) is 3.74. The summed E-state index contributed by atoms with van der Waals surface area (Å²) in [5.74, 6) is 0.942. The van der Waals surface area contributed by atoms with E-state index in [2.05, 4.69) is 10.6 Å². The predicted octanol–water partition coefficient (Wildman–Crippen LogP) is 3.53. The maximum absolute atomic E-state index is 12.3. The van der Waals surface area contributed by atoms with Crippen molar-refractivity contribution in [1.82, 2.24) is 0 Å². The van der Waals surface area contributed by atoms with Gasteiger partial charge in [-0.25, -0.2) is 0 Å². The van der Waals surface area contributed by atoms with Crippen molar-refractivity contribution < 1.29 is 14.3 Å². The van der Waals surface area contributed by atoms with Gasteiger partial charge in [-0.1, -0.05) is 0 Å². The Morgan fingerprint density at radius 3 is 2.22 bits per heavy atom. The second-order valence-electron chi connectivity index (χ2n) is 5.52. The first-order chi connectivity index (χ1) is 11.2. The van der Waals surface area contributed by atoms with Crippen LogP contribution in [0, 0.1) is 0 Å². The van der Waals surface area contributed by atoms with E-state index in [-0.39, 0.29) is 5.91 Å². The highest BCUT2D eigenvalue weighted by atomic mass is 16.5. The van der Waals surface area contributed by atoms with Gasteiger partial charge in [0, 0.05) is 23.0 Å². The highest BCUT2D eigenvalue weighted by molar-refractivity contribution is 6.04. The number of ether oxygens (including phenoxy) is 2. The number of anilines is 2. The lowest BCUT2D eigenvalue weighted by Gasteiger charge is -2.10. The molecule has 2 aromatic carbocycles. The van der Waals surface area contributed by atoms with E-state index >= 15 is 0 Å². The van der Waals surface area contributed by atoms with Gasteiger partial charge in [0.1, 0.15) is 0 Å². The van der Waals surface area contributed by atoms with Crippen LogP contribution in [0.2, 0.25) is 0 Å². The molecule has 0 bridgehead atoms. The van der Waals surface area contributed by atoms with Crippen molar-refractivity contribution in [3.63, 3.8) is 0 Å². The lowest BCUT2D eigenvalue weighted by Crippen LogP contribution is -2.12. The zero-order valence-electron chi connectivity index (χ0n) is 13.3. The van der Waals surface area contributed by atoms with Crippen molar-refractivity contribution in [1.29, 1.82) is 0 Å². The van der Waals surface area contributed by atoms with Crippen LogP contribution in [0.1, 0.15) is 23.2 Å². The first-order valence-electron chi connectivity index (χ1n) is 7.59. The number of hydrogen-bond acceptors (Lipinski definition) is 4. The number of carbonyl (C=O) groups excluding carboxylic acids is 1. The molecule has 2 aromatic rings. The Labute approximate surface area is 135 Å². The molecule has 0 heterocycles. The number of methoxy groups -OCH3 is 2. The summed E-state index contributed by atoms with van der Waals surface area (Å²) in [5.41, 5.74) is 2.35. The molecular formula is C18H20N2O3. The summed E-state index contributed by atoms with van der Waals surface area (Å²) in [6.07, 6.45) is 2.47. The summed E-state index contributed by atoms with van der Waals surface area (Å²) in [6.45, 7) is 0. The van der Waals surface area contributed by atoms with Crippen LogP contribution in [0.5, 0.6) is 11.5 Å². The second kappa shape index (κ2) is 6.60. The summed E-state index contributed by atoms with van der Waals surface area (Å²) >= 11 is 0. The van der Waals surface area contributed by atoms with Gasteiger partial charge >= 0.3 is 0 Å². The van der Waals surface area contributed by atoms with Crippen LogP contribution in [0.4, 0.5) is 11.4 Å². The van der Waals surface area contributed by atoms with Crippen molar-refractivity contribution in [3.05, 3.63) is 48.0 Å². The van der Waals surface area contributed by atoms with E-state index in [0.29, 0.717) is 23.1 Å². The molecule has 1 fully saturated rings. The number of nitrogens with one attached hydrogen (secondary N) is 2. The molecule has 1 amide bonds. The topological polar surface area (TPSA) is 59.6 Å². The third-order valence-corrected chi connectivity index (χ3v) is 3.74. The Kier molecular flexibility index (Phi) is 4.37. The molecule has 0 spiro atoms. The van der Waals surface area contributed by atoms with E-state index in [1.807, 2.05) is 24.3 Å². The predicted molar refractivity (Wildman–Crippen MR) is 90.6 cm³/mol. The molecule has 1 aliphatic carbocycles. The smallest absolute Gasteiger partial charge is 0.255 e. The Hall–Kier alpha value is -2.69. The van der Waals surface area contributed by atoms with Crippen LogP contribution >= 0.6 is 0 Å². The molecule has 0 unspecified atom stereocenters. The summed E-state index contributed by atoms with van der Waals surface area (Å²) in [4.78, 5) is 12.3. The lowest BCUT2D eigenvalue weighted by atomic mass is 10.1. The normalized spacial score (nSPS) is 13.3. The van der Waals surface area contributed by atoms with Crippen molar-refractivity contribution in [2.24, 2.45) is 0 Å². The zero-order chi connectivity index (χ0) is 16.2. The van der Waals surface area contributed by atoms with Gasteiger partial charge in [-0.05, 0) is 55.3 Å². The quantitative estimate of drug-likeness (QED) is 0.856. The fourth-order valence-corrected chi connectivity index (χ4v) is 2.29. The van der Waals surface area contributed by atoms with E-state index in [0.717, 1.165) is 11.4 Å². The number of carbonyl (C=O) groups is 1. The Morgan fingerprint density at radius 1 is 0.957 bits per heavy atom. The van der Waals surface area contributed by atoms with Gasteiger partial charge in [-0.15, -0.1) is 0 Å². The summed E-state index contributed by atoms with van der Waals surface area (Å²) in [6, 6.07) is 13.4. The standard InChI is InChI=1S/C18H20N2O3/c1-22-16-10-3-12(11-17(16)23-2)18(21)20-15-8-6-14(7-9-15)19-13-4-5-13/h3,6-11,13,19H,4-5H2,1-2H3,(H,20,21). The van der Waals surface area contributed by atoms with Gasteiger partial charge in [0.05, 0.1) is 14.2 Å². The average Bonchev–Trinajstić information content (AvgIpc) is 3.40. The minimum atomic E-state index is -0.186. The van der Waals surface area contributed by atoms with Crippen LogP contribution in [0.15, 0.2) is 42.5 Å². The molecule has 0 aromatic heterocycles. The van der Waals surface area contributed by atoms with Crippen molar-refractivity contribution >= 4 is 17.3 Å². The monoisotopic (exact) mass is 312 g/mol. The van der Waals surface area contributed by atoms with Crippen LogP contribution in [-0.2, 0) is 0 Å². The highest BCUT2D eigenvalue weighted by Gasteiger charge is 2.20. The average molecular weight is 312 g/mol. The van der Waals surface area contributed by atoms with E-state index in [9.17, 15) is 4.79 Å². The maximum atomic E-state index is 12.3. The lowest BCUT2D eigenvalue weighted by molar-refractivity contribution is 0.102. The van der Waals surface area contributed by atoms with Crippen molar-refractivity contribution in [2.75, 3.05) is 24.9 Å². The fourth-order valence-electron chi connectivity index (χ4n) is 2.29. The van der Waals surface area contributed by atoms with Crippen LogP contribution in [-0.4, -0.2) is 26.2 Å². The molecule has 1 aliphatic rings. The van der Waals surface area contributed by atoms with E-state index in [1.54, 1.807) is 32.4 Å². The maximum Gasteiger partial charge on any atom is 0.255 e. The molecule has 0 radical (unpaired) electrons. The number of hydrogen-bond donors (Lipinski definition) is 2. The Balaban J connectivity index is 1.68. The van der Waals surface area contributed by atoms with Gasteiger partial charge in [0.2, 0.25) is 0 Å². The highest BCUT2D eigenvalue weighted by Crippen LogP contribution is 2.28. The molecule has 0 atom stereocenters. The minimum absolute atomic E-state index is 0.186.